The van der Waals surface area contributed by atoms with Crippen molar-refractivity contribution in [3.63, 3.8) is 0 Å². The largest absolute Gasteiger partial charge is 0.378 e. The molecule has 2 fully saturated rings. The molecule has 1 unspecified atom stereocenters. The zero-order valence-electron chi connectivity index (χ0n) is 20.9. The average molecular weight is 535 g/mol. The second-order valence-corrected chi connectivity index (χ2v) is 11.7. The van der Waals surface area contributed by atoms with Crippen molar-refractivity contribution in [1.29, 1.82) is 0 Å². The molecule has 0 aliphatic carbocycles. The molecule has 2 aromatic heterocycles. The van der Waals surface area contributed by atoms with Crippen LogP contribution in [0.25, 0.3) is 11.2 Å². The van der Waals surface area contributed by atoms with E-state index in [1.807, 2.05) is 29.7 Å². The molecule has 1 N–H and O–H groups in total. The standard InChI is InChI=1S/C24H31ClN6O4S/c1-15-26-23-19(12-21(25)28-24(23)31(15)22-7-5-6-10-35-22)27-18-9-8-16(30-13-17(14-30)34-3)11-20(18)29(2)36(4,32)33/h8-9,11-12,17,22H,5-7,10,13-14H2,1-4H3,(H,27,28). The summed E-state index contributed by atoms with van der Waals surface area (Å²) in [7, 11) is -0.270. The van der Waals surface area contributed by atoms with Crippen LogP contribution in [0.15, 0.2) is 24.3 Å². The van der Waals surface area contributed by atoms with Crippen molar-refractivity contribution in [1.82, 2.24) is 14.5 Å². The predicted octanol–water partition coefficient (Wildman–Crippen LogP) is 4.07. The van der Waals surface area contributed by atoms with Crippen LogP contribution in [-0.4, -0.2) is 69.2 Å². The lowest BCUT2D eigenvalue weighted by atomic mass is 10.1. The van der Waals surface area contributed by atoms with Crippen LogP contribution >= 0.6 is 11.6 Å². The third-order valence-electron chi connectivity index (χ3n) is 6.87. The van der Waals surface area contributed by atoms with E-state index in [1.54, 1.807) is 20.2 Å². The smallest absolute Gasteiger partial charge is 0.232 e. The Morgan fingerprint density at radius 3 is 2.64 bits per heavy atom. The molecule has 12 heteroatoms. The number of hydrogen-bond acceptors (Lipinski definition) is 8. The lowest BCUT2D eigenvalue weighted by Crippen LogP contribution is -2.51. The number of methoxy groups -OCH3 is 1. The molecule has 0 bridgehead atoms. The maximum absolute atomic E-state index is 12.5. The van der Waals surface area contributed by atoms with Crippen molar-refractivity contribution in [3.05, 3.63) is 35.2 Å². The van der Waals surface area contributed by atoms with E-state index in [1.165, 1.54) is 10.6 Å². The molecule has 1 aromatic carbocycles. The van der Waals surface area contributed by atoms with E-state index in [2.05, 4.69) is 15.2 Å². The second kappa shape index (κ2) is 9.70. The maximum atomic E-state index is 12.5. The van der Waals surface area contributed by atoms with Gasteiger partial charge in [0, 0.05) is 45.6 Å². The van der Waals surface area contributed by atoms with Crippen molar-refractivity contribution in [3.8, 4) is 0 Å². The van der Waals surface area contributed by atoms with Gasteiger partial charge in [0.15, 0.2) is 5.65 Å². The van der Waals surface area contributed by atoms with Crippen LogP contribution < -0.4 is 14.5 Å². The number of hydrogen-bond donors (Lipinski definition) is 1. The number of benzene rings is 1. The summed E-state index contributed by atoms with van der Waals surface area (Å²) >= 11 is 6.45. The number of pyridine rings is 1. The first kappa shape index (κ1) is 25.1. The summed E-state index contributed by atoms with van der Waals surface area (Å²) in [4.78, 5) is 11.5. The molecule has 0 radical (unpaired) electrons. The highest BCUT2D eigenvalue weighted by Crippen LogP contribution is 2.38. The Balaban J connectivity index is 1.55. The Hall–Kier alpha value is -2.60. The summed E-state index contributed by atoms with van der Waals surface area (Å²) in [5, 5.41) is 3.69. The summed E-state index contributed by atoms with van der Waals surface area (Å²) < 4.78 is 39.6. The molecular formula is C24H31ClN6O4S. The van der Waals surface area contributed by atoms with E-state index in [0.29, 0.717) is 40.0 Å². The van der Waals surface area contributed by atoms with Crippen LogP contribution in [0.1, 0.15) is 31.3 Å². The number of rotatable bonds is 7. The number of aromatic nitrogens is 3. The van der Waals surface area contributed by atoms with Crippen LogP contribution in [0, 0.1) is 6.92 Å². The summed E-state index contributed by atoms with van der Waals surface area (Å²) in [6.45, 7) is 4.14. The Morgan fingerprint density at radius 1 is 1.19 bits per heavy atom. The van der Waals surface area contributed by atoms with Crippen molar-refractivity contribution in [2.75, 3.05) is 54.6 Å². The molecule has 194 valence electrons. The first-order chi connectivity index (χ1) is 17.2. The molecule has 0 spiro atoms. The normalized spacial score (nSPS) is 18.9. The van der Waals surface area contributed by atoms with Gasteiger partial charge in [0.05, 0.1) is 29.4 Å². The van der Waals surface area contributed by atoms with Crippen molar-refractivity contribution >= 4 is 55.5 Å². The van der Waals surface area contributed by atoms with Gasteiger partial charge in [0.25, 0.3) is 0 Å². The van der Waals surface area contributed by atoms with Crippen LogP contribution in [0.2, 0.25) is 5.15 Å². The van der Waals surface area contributed by atoms with Gasteiger partial charge in [-0.3, -0.25) is 8.87 Å². The van der Waals surface area contributed by atoms with Gasteiger partial charge in [0.2, 0.25) is 10.0 Å². The monoisotopic (exact) mass is 534 g/mol. The number of nitrogens with zero attached hydrogens (tertiary/aromatic N) is 5. The van der Waals surface area contributed by atoms with Gasteiger partial charge in [-0.1, -0.05) is 11.6 Å². The molecule has 2 aliphatic rings. The minimum absolute atomic E-state index is 0.138. The van der Waals surface area contributed by atoms with Crippen molar-refractivity contribution in [2.45, 2.75) is 38.5 Å². The third kappa shape index (κ3) is 4.72. The molecule has 5 rings (SSSR count). The summed E-state index contributed by atoms with van der Waals surface area (Å²) in [6.07, 6.45) is 4.22. The van der Waals surface area contributed by atoms with Crippen molar-refractivity contribution < 1.29 is 17.9 Å². The minimum atomic E-state index is -3.51. The number of sulfonamides is 1. The zero-order valence-corrected chi connectivity index (χ0v) is 22.4. The van der Waals surface area contributed by atoms with Crippen LogP contribution in [-0.2, 0) is 19.5 Å². The fourth-order valence-corrected chi connectivity index (χ4v) is 5.41. The number of fused-ring (bicyclic) bond motifs is 1. The molecule has 2 aliphatic heterocycles. The Bertz CT molecular complexity index is 1380. The Kier molecular flexibility index (Phi) is 6.75. The summed E-state index contributed by atoms with van der Waals surface area (Å²) in [5.74, 6) is 0.782. The quantitative estimate of drug-likeness (QED) is 0.453. The van der Waals surface area contributed by atoms with E-state index >= 15 is 0 Å². The lowest BCUT2D eigenvalue weighted by Gasteiger charge is -2.40. The molecule has 4 heterocycles. The number of anilines is 4. The predicted molar refractivity (Wildman–Crippen MR) is 142 cm³/mol. The zero-order chi connectivity index (χ0) is 25.6. The Labute approximate surface area is 216 Å². The summed E-state index contributed by atoms with van der Waals surface area (Å²) in [6, 6.07) is 7.42. The molecule has 3 aromatic rings. The van der Waals surface area contributed by atoms with Crippen LogP contribution in [0.3, 0.4) is 0 Å². The Morgan fingerprint density at radius 2 is 1.97 bits per heavy atom. The third-order valence-corrected chi connectivity index (χ3v) is 8.26. The van der Waals surface area contributed by atoms with E-state index in [0.717, 1.165) is 43.9 Å². The lowest BCUT2D eigenvalue weighted by molar-refractivity contribution is -0.0309. The van der Waals surface area contributed by atoms with Gasteiger partial charge in [-0.05, 0) is 44.4 Å². The van der Waals surface area contributed by atoms with Gasteiger partial charge >= 0.3 is 0 Å². The highest BCUT2D eigenvalue weighted by molar-refractivity contribution is 7.92. The van der Waals surface area contributed by atoms with Gasteiger partial charge in [-0.15, -0.1) is 0 Å². The molecular weight excluding hydrogens is 504 g/mol. The van der Waals surface area contributed by atoms with Gasteiger partial charge in [-0.2, -0.15) is 0 Å². The van der Waals surface area contributed by atoms with E-state index in [-0.39, 0.29) is 12.3 Å². The average Bonchev–Trinajstić information content (AvgIpc) is 3.14. The number of ether oxygens (including phenoxy) is 2. The van der Waals surface area contributed by atoms with Crippen LogP contribution in [0.5, 0.6) is 0 Å². The molecule has 10 nitrogen and oxygen atoms in total. The van der Waals surface area contributed by atoms with Crippen molar-refractivity contribution in [2.24, 2.45) is 0 Å². The minimum Gasteiger partial charge on any atom is -0.378 e. The summed E-state index contributed by atoms with van der Waals surface area (Å²) in [5.41, 5.74) is 3.97. The van der Waals surface area contributed by atoms with E-state index in [4.69, 9.17) is 26.1 Å². The second-order valence-electron chi connectivity index (χ2n) is 9.33. The number of halogens is 1. The number of aryl methyl sites for hydroxylation is 1. The van der Waals surface area contributed by atoms with Gasteiger partial charge in [-0.25, -0.2) is 18.4 Å². The highest BCUT2D eigenvalue weighted by Gasteiger charge is 2.28. The fourth-order valence-electron chi connectivity index (χ4n) is 4.71. The number of imidazole rings is 1. The molecule has 0 saturated carbocycles. The maximum Gasteiger partial charge on any atom is 0.232 e. The number of nitrogens with one attached hydrogen (secondary N) is 1. The van der Waals surface area contributed by atoms with E-state index in [9.17, 15) is 8.42 Å². The fraction of sp³-hybridized carbons (Fsp3) is 0.500. The first-order valence-electron chi connectivity index (χ1n) is 11.9. The molecule has 0 amide bonds. The van der Waals surface area contributed by atoms with E-state index < -0.39 is 10.0 Å². The van der Waals surface area contributed by atoms with Gasteiger partial charge < -0.3 is 19.7 Å². The highest BCUT2D eigenvalue weighted by atomic mass is 35.5. The first-order valence-corrected chi connectivity index (χ1v) is 14.2. The molecule has 1 atom stereocenters. The SMILES string of the molecule is COC1CN(c2ccc(Nc3cc(Cl)nc4c3nc(C)n4C3CCCCO3)c(N(C)S(C)(=O)=O)c2)C1. The van der Waals surface area contributed by atoms with Crippen LogP contribution in [0.4, 0.5) is 22.7 Å². The van der Waals surface area contributed by atoms with Gasteiger partial charge in [0.1, 0.15) is 22.7 Å². The molecule has 36 heavy (non-hydrogen) atoms. The topological polar surface area (TPSA) is 102 Å². The molecule has 2 saturated heterocycles.